The van der Waals surface area contributed by atoms with E-state index in [2.05, 4.69) is 38.1 Å². The summed E-state index contributed by atoms with van der Waals surface area (Å²) in [5.41, 5.74) is 4.58. The number of nitrogens with zero attached hydrogens (tertiary/aromatic N) is 2. The number of rotatable bonds is 5. The van der Waals surface area contributed by atoms with Crippen molar-refractivity contribution in [1.82, 2.24) is 4.90 Å². The molecule has 2 heterocycles. The summed E-state index contributed by atoms with van der Waals surface area (Å²) in [7, 11) is 4.21. The summed E-state index contributed by atoms with van der Waals surface area (Å²) in [6, 6.07) is 12.4. The summed E-state index contributed by atoms with van der Waals surface area (Å²) in [5, 5.41) is 0. The zero-order chi connectivity index (χ0) is 24.3. The Labute approximate surface area is 208 Å². The topological polar surface area (TPSA) is 32.8 Å². The Balaban J connectivity index is 1.18. The summed E-state index contributed by atoms with van der Waals surface area (Å²) in [6.07, 6.45) is 6.27. The van der Waals surface area contributed by atoms with Crippen LogP contribution in [0.15, 0.2) is 36.4 Å². The monoisotopic (exact) mass is 476 g/mol. The Morgan fingerprint density at radius 1 is 1.14 bits per heavy atom. The van der Waals surface area contributed by atoms with Crippen molar-refractivity contribution in [2.24, 2.45) is 11.8 Å². The maximum Gasteiger partial charge on any atom is 0.258 e. The van der Waals surface area contributed by atoms with Gasteiger partial charge in [0.2, 0.25) is 0 Å². The molecule has 186 valence electrons. The van der Waals surface area contributed by atoms with Gasteiger partial charge in [0.25, 0.3) is 5.91 Å². The highest BCUT2D eigenvalue weighted by atomic mass is 19.1. The molecule has 4 aliphatic rings. The Morgan fingerprint density at radius 3 is 2.71 bits per heavy atom. The molecule has 2 saturated carbocycles. The fraction of sp³-hybridized carbons (Fsp3) is 0.567. The van der Waals surface area contributed by atoms with E-state index in [-0.39, 0.29) is 17.1 Å². The lowest BCUT2D eigenvalue weighted by Gasteiger charge is -2.31. The average Bonchev–Trinajstić information content (AvgIpc) is 3.23. The first-order chi connectivity index (χ1) is 16.8. The van der Waals surface area contributed by atoms with E-state index >= 15 is 4.39 Å². The van der Waals surface area contributed by atoms with Crippen molar-refractivity contribution in [3.8, 4) is 0 Å². The summed E-state index contributed by atoms with van der Waals surface area (Å²) in [4.78, 5) is 17.4. The molecule has 2 aliphatic carbocycles. The predicted octanol–water partition coefficient (Wildman–Crippen LogP) is 5.54. The molecule has 2 aromatic carbocycles. The molecule has 4 unspecified atom stereocenters. The van der Waals surface area contributed by atoms with Crippen LogP contribution in [-0.2, 0) is 16.6 Å². The summed E-state index contributed by atoms with van der Waals surface area (Å²) < 4.78 is 21.0. The van der Waals surface area contributed by atoms with E-state index < -0.39 is 0 Å². The molecule has 5 atom stereocenters. The molecule has 2 aromatic rings. The first-order valence-corrected chi connectivity index (χ1v) is 13.3. The van der Waals surface area contributed by atoms with Crippen molar-refractivity contribution < 1.29 is 13.9 Å². The van der Waals surface area contributed by atoms with Gasteiger partial charge >= 0.3 is 0 Å². The number of fused-ring (bicyclic) bond motifs is 1. The van der Waals surface area contributed by atoms with Crippen LogP contribution in [0.3, 0.4) is 0 Å². The average molecular weight is 477 g/mol. The number of hydrogen-bond donors (Lipinski definition) is 0. The third kappa shape index (κ3) is 4.11. The fourth-order valence-electron chi connectivity index (χ4n) is 7.05. The predicted molar refractivity (Wildman–Crippen MR) is 137 cm³/mol. The van der Waals surface area contributed by atoms with Gasteiger partial charge < -0.3 is 14.5 Å². The van der Waals surface area contributed by atoms with E-state index in [4.69, 9.17) is 4.74 Å². The molecular formula is C30H37FN2O2. The van der Waals surface area contributed by atoms with Crippen LogP contribution in [0, 0.1) is 17.7 Å². The molecule has 0 radical (unpaired) electrons. The smallest absolute Gasteiger partial charge is 0.258 e. The Kier molecular flexibility index (Phi) is 5.76. The quantitative estimate of drug-likeness (QED) is 0.568. The third-order valence-electron chi connectivity index (χ3n) is 9.41. The molecule has 0 aromatic heterocycles. The second-order valence-corrected chi connectivity index (χ2v) is 11.8. The van der Waals surface area contributed by atoms with Gasteiger partial charge in [0, 0.05) is 37.1 Å². The highest BCUT2D eigenvalue weighted by Crippen LogP contribution is 2.54. The van der Waals surface area contributed by atoms with Crippen molar-refractivity contribution >= 4 is 11.6 Å². The second kappa shape index (κ2) is 8.70. The van der Waals surface area contributed by atoms with Crippen LogP contribution in [-0.4, -0.2) is 50.7 Å². The molecule has 3 fully saturated rings. The minimum atomic E-state index is -0.186. The lowest BCUT2D eigenvalue weighted by atomic mass is 9.80. The molecule has 2 aliphatic heterocycles. The van der Waals surface area contributed by atoms with Gasteiger partial charge in [-0.05, 0) is 111 Å². The van der Waals surface area contributed by atoms with Crippen LogP contribution < -0.4 is 4.90 Å². The van der Waals surface area contributed by atoms with Crippen molar-refractivity contribution in [3.05, 3.63) is 64.5 Å². The fourth-order valence-corrected chi connectivity index (χ4v) is 7.05. The second-order valence-electron chi connectivity index (χ2n) is 11.8. The number of hydrogen-bond acceptors (Lipinski definition) is 3. The first-order valence-electron chi connectivity index (χ1n) is 13.3. The maximum absolute atomic E-state index is 15.4. The largest absolute Gasteiger partial charge is 0.381 e. The van der Waals surface area contributed by atoms with E-state index in [1.54, 1.807) is 11.0 Å². The number of halogens is 1. The van der Waals surface area contributed by atoms with Crippen molar-refractivity contribution in [1.29, 1.82) is 0 Å². The highest BCUT2D eigenvalue weighted by Gasteiger charge is 2.45. The minimum absolute atomic E-state index is 0.0127. The maximum atomic E-state index is 15.4. The number of benzene rings is 2. The van der Waals surface area contributed by atoms with Gasteiger partial charge in [0.05, 0.1) is 0 Å². The van der Waals surface area contributed by atoms with Gasteiger partial charge in [-0.1, -0.05) is 25.1 Å². The number of ether oxygens (including phenoxy) is 1. The van der Waals surface area contributed by atoms with Crippen molar-refractivity contribution in [2.45, 2.75) is 62.8 Å². The Hall–Kier alpha value is -2.24. The number of amides is 1. The highest BCUT2D eigenvalue weighted by molar-refractivity contribution is 6.08. The van der Waals surface area contributed by atoms with E-state index in [9.17, 15) is 4.79 Å². The molecular weight excluding hydrogens is 439 g/mol. The van der Waals surface area contributed by atoms with Crippen LogP contribution in [0.25, 0.3) is 0 Å². The lowest BCUT2D eigenvalue weighted by Crippen LogP contribution is -2.38. The van der Waals surface area contributed by atoms with Crippen molar-refractivity contribution in [3.63, 3.8) is 0 Å². The summed E-state index contributed by atoms with van der Waals surface area (Å²) >= 11 is 0. The minimum Gasteiger partial charge on any atom is -0.381 e. The molecule has 0 N–H and O–H groups in total. The lowest BCUT2D eigenvalue weighted by molar-refractivity contribution is 0.0980. The van der Waals surface area contributed by atoms with Crippen LogP contribution >= 0.6 is 0 Å². The molecule has 5 heteroatoms. The molecule has 0 bridgehead atoms. The molecule has 0 spiro atoms. The summed E-state index contributed by atoms with van der Waals surface area (Å²) in [6.45, 7) is 4.58. The molecule has 1 amide bonds. The van der Waals surface area contributed by atoms with Crippen molar-refractivity contribution in [2.75, 3.05) is 38.8 Å². The first kappa shape index (κ1) is 23.2. The zero-order valence-electron chi connectivity index (χ0n) is 21.2. The normalized spacial score (nSPS) is 32.4. The Bertz CT molecular complexity index is 1140. The molecule has 35 heavy (non-hydrogen) atoms. The summed E-state index contributed by atoms with van der Waals surface area (Å²) in [5.74, 6) is 1.86. The van der Waals surface area contributed by atoms with Crippen LogP contribution in [0.2, 0.25) is 0 Å². The van der Waals surface area contributed by atoms with Gasteiger partial charge in [-0.25, -0.2) is 4.39 Å². The number of carbonyl (C=O) groups is 1. The number of anilines is 1. The van der Waals surface area contributed by atoms with Crippen LogP contribution in [0.1, 0.15) is 72.0 Å². The van der Waals surface area contributed by atoms with E-state index in [1.165, 1.54) is 18.4 Å². The standard InChI is InChI=1S/C30H37FN2O2/c1-30(11-8-23(17-30)32(2)3)27-7-5-22(15-28(27)31)33-12-9-20-14-19(4-6-24(20)29(33)34)25-16-26(25)21-10-13-35-18-21/h4-7,14-15,21,23,25-26H,8-13,16-18H2,1-3H3/t21?,23?,25?,26?,30-/m1/s1. The SMILES string of the molecule is CN(C)C1CC[C@@](C)(c2ccc(N3CCc4cc(C5CC5C5CCOC5)ccc4C3=O)cc2F)C1. The van der Waals surface area contributed by atoms with E-state index in [0.717, 1.165) is 61.5 Å². The number of carbonyl (C=O) groups excluding carboxylic acids is 1. The van der Waals surface area contributed by atoms with E-state index in [0.29, 0.717) is 30.1 Å². The van der Waals surface area contributed by atoms with Crippen LogP contribution in [0.5, 0.6) is 0 Å². The van der Waals surface area contributed by atoms with Gasteiger partial charge in [-0.3, -0.25) is 4.79 Å². The van der Waals surface area contributed by atoms with Crippen LogP contribution in [0.4, 0.5) is 10.1 Å². The van der Waals surface area contributed by atoms with E-state index in [1.807, 2.05) is 18.2 Å². The van der Waals surface area contributed by atoms with Gasteiger partial charge in [0.1, 0.15) is 5.82 Å². The Morgan fingerprint density at radius 2 is 2.00 bits per heavy atom. The molecule has 1 saturated heterocycles. The van der Waals surface area contributed by atoms with Gasteiger partial charge in [-0.15, -0.1) is 0 Å². The van der Waals surface area contributed by atoms with Gasteiger partial charge in [0.15, 0.2) is 0 Å². The third-order valence-corrected chi connectivity index (χ3v) is 9.41. The molecule has 4 nitrogen and oxygen atoms in total. The zero-order valence-corrected chi connectivity index (χ0v) is 21.2. The molecule has 6 rings (SSSR count). The van der Waals surface area contributed by atoms with Gasteiger partial charge in [-0.2, -0.15) is 0 Å².